The Morgan fingerprint density at radius 3 is 2.29 bits per heavy atom. The van der Waals surface area contributed by atoms with Crippen LogP contribution in [0.4, 0.5) is 14.5 Å². The highest BCUT2D eigenvalue weighted by Gasteiger charge is 2.10. The van der Waals surface area contributed by atoms with Gasteiger partial charge in [-0.05, 0) is 42.0 Å². The number of halogens is 2. The topological polar surface area (TPSA) is 70.7 Å². The van der Waals surface area contributed by atoms with Crippen molar-refractivity contribution in [3.63, 3.8) is 0 Å². The summed E-state index contributed by atoms with van der Waals surface area (Å²) in [4.78, 5) is 16.2. The average molecular weight is 328 g/mol. The lowest BCUT2D eigenvalue weighted by Gasteiger charge is -2.02. The van der Waals surface area contributed by atoms with Gasteiger partial charge in [-0.25, -0.2) is 13.8 Å². The van der Waals surface area contributed by atoms with Crippen LogP contribution in [0.25, 0.3) is 0 Å². The Morgan fingerprint density at radius 1 is 1.00 bits per heavy atom. The molecule has 0 atom stereocenters. The highest BCUT2D eigenvalue weighted by atomic mass is 19.1. The number of anilines is 1. The number of H-pyrrole nitrogens is 1. The molecule has 0 fully saturated rings. The quantitative estimate of drug-likeness (QED) is 0.756. The molecule has 1 aromatic heterocycles. The zero-order valence-electron chi connectivity index (χ0n) is 12.6. The Hall–Kier alpha value is -3.09. The maximum absolute atomic E-state index is 12.9. The number of benzene rings is 2. The SMILES string of the molecule is O=C(Cc1n[nH]c(Cc2ccc(F)cc2)n1)Nc1ccc(F)cc1. The van der Waals surface area contributed by atoms with Gasteiger partial charge in [0.05, 0.1) is 6.42 Å². The smallest absolute Gasteiger partial charge is 0.232 e. The Labute approximate surface area is 136 Å². The minimum Gasteiger partial charge on any atom is -0.326 e. The van der Waals surface area contributed by atoms with Gasteiger partial charge in [0.25, 0.3) is 0 Å². The van der Waals surface area contributed by atoms with E-state index in [9.17, 15) is 13.6 Å². The van der Waals surface area contributed by atoms with Crippen LogP contribution in [0.5, 0.6) is 0 Å². The maximum Gasteiger partial charge on any atom is 0.232 e. The number of aromatic amines is 1. The fourth-order valence-electron chi connectivity index (χ4n) is 2.17. The van der Waals surface area contributed by atoms with E-state index in [4.69, 9.17) is 0 Å². The molecule has 7 heteroatoms. The minimum atomic E-state index is -0.368. The Morgan fingerprint density at radius 2 is 1.62 bits per heavy atom. The number of aromatic nitrogens is 3. The molecule has 0 spiro atoms. The molecule has 2 aromatic carbocycles. The molecule has 0 bridgehead atoms. The first kappa shape index (κ1) is 15.8. The van der Waals surface area contributed by atoms with Gasteiger partial charge >= 0.3 is 0 Å². The third kappa shape index (κ3) is 4.22. The van der Waals surface area contributed by atoms with E-state index in [-0.39, 0.29) is 24.0 Å². The molecule has 0 aliphatic heterocycles. The van der Waals surface area contributed by atoms with Crippen molar-refractivity contribution in [1.82, 2.24) is 15.2 Å². The van der Waals surface area contributed by atoms with E-state index in [1.54, 1.807) is 12.1 Å². The van der Waals surface area contributed by atoms with Crippen molar-refractivity contribution < 1.29 is 13.6 Å². The largest absolute Gasteiger partial charge is 0.326 e. The summed E-state index contributed by atoms with van der Waals surface area (Å²) >= 11 is 0. The van der Waals surface area contributed by atoms with Crippen LogP contribution in [-0.4, -0.2) is 21.1 Å². The Kier molecular flexibility index (Phi) is 4.60. The van der Waals surface area contributed by atoms with E-state index in [0.717, 1.165) is 5.56 Å². The molecule has 122 valence electrons. The summed E-state index contributed by atoms with van der Waals surface area (Å²) < 4.78 is 25.7. The van der Waals surface area contributed by atoms with Crippen LogP contribution in [0.2, 0.25) is 0 Å². The predicted molar refractivity (Wildman–Crippen MR) is 84.3 cm³/mol. The van der Waals surface area contributed by atoms with Gasteiger partial charge in [0, 0.05) is 12.1 Å². The van der Waals surface area contributed by atoms with Crippen molar-refractivity contribution >= 4 is 11.6 Å². The number of hydrogen-bond acceptors (Lipinski definition) is 3. The van der Waals surface area contributed by atoms with Crippen molar-refractivity contribution in [2.75, 3.05) is 5.32 Å². The van der Waals surface area contributed by atoms with Crippen molar-refractivity contribution in [2.45, 2.75) is 12.8 Å². The van der Waals surface area contributed by atoms with Crippen molar-refractivity contribution in [2.24, 2.45) is 0 Å². The molecule has 1 amide bonds. The second-order valence-corrected chi connectivity index (χ2v) is 5.23. The van der Waals surface area contributed by atoms with E-state index in [2.05, 4.69) is 20.5 Å². The second kappa shape index (κ2) is 6.99. The standard InChI is InChI=1S/C17H14F2N4O/c18-12-3-1-11(2-4-12)9-15-21-16(23-22-15)10-17(24)20-14-7-5-13(19)6-8-14/h1-8H,9-10H2,(H,20,24)(H,21,22,23). The summed E-state index contributed by atoms with van der Waals surface area (Å²) in [5.74, 6) is -0.0197. The van der Waals surface area contributed by atoms with Gasteiger partial charge in [0.15, 0.2) is 5.82 Å². The van der Waals surface area contributed by atoms with Gasteiger partial charge in [-0.2, -0.15) is 5.10 Å². The zero-order valence-corrected chi connectivity index (χ0v) is 12.6. The molecule has 0 saturated heterocycles. The fourth-order valence-corrected chi connectivity index (χ4v) is 2.17. The minimum absolute atomic E-state index is 0.00268. The molecule has 24 heavy (non-hydrogen) atoms. The Balaban J connectivity index is 1.58. The number of rotatable bonds is 5. The first-order valence-corrected chi connectivity index (χ1v) is 7.28. The second-order valence-electron chi connectivity index (χ2n) is 5.23. The van der Waals surface area contributed by atoms with Crippen LogP contribution in [0.15, 0.2) is 48.5 Å². The number of amides is 1. The van der Waals surface area contributed by atoms with Crippen LogP contribution in [-0.2, 0) is 17.6 Å². The lowest BCUT2D eigenvalue weighted by atomic mass is 10.1. The molecule has 5 nitrogen and oxygen atoms in total. The van der Waals surface area contributed by atoms with Gasteiger partial charge in [-0.3, -0.25) is 9.89 Å². The van der Waals surface area contributed by atoms with Gasteiger partial charge in [-0.15, -0.1) is 0 Å². The summed E-state index contributed by atoms with van der Waals surface area (Å²) in [6, 6.07) is 11.6. The third-order valence-corrected chi connectivity index (χ3v) is 3.31. The summed E-state index contributed by atoms with van der Waals surface area (Å²) in [5, 5.41) is 9.40. The molecular formula is C17H14F2N4O. The van der Waals surface area contributed by atoms with Crippen LogP contribution in [0.1, 0.15) is 17.2 Å². The molecule has 3 aromatic rings. The van der Waals surface area contributed by atoms with E-state index < -0.39 is 0 Å². The zero-order chi connectivity index (χ0) is 16.9. The first-order chi connectivity index (χ1) is 11.6. The average Bonchev–Trinajstić information content (AvgIpc) is 2.99. The maximum atomic E-state index is 12.9. The number of nitrogens with one attached hydrogen (secondary N) is 2. The number of carbonyl (C=O) groups excluding carboxylic acids is 1. The molecule has 2 N–H and O–H groups in total. The van der Waals surface area contributed by atoms with Crippen LogP contribution in [0.3, 0.4) is 0 Å². The normalized spacial score (nSPS) is 10.6. The van der Waals surface area contributed by atoms with Crippen molar-refractivity contribution in [3.05, 3.63) is 77.4 Å². The Bertz CT molecular complexity index is 829. The van der Waals surface area contributed by atoms with Crippen molar-refractivity contribution in [1.29, 1.82) is 0 Å². The third-order valence-electron chi connectivity index (χ3n) is 3.31. The number of carbonyl (C=O) groups is 1. The first-order valence-electron chi connectivity index (χ1n) is 7.28. The molecule has 0 aliphatic rings. The molecular weight excluding hydrogens is 314 g/mol. The molecule has 0 radical (unpaired) electrons. The highest BCUT2D eigenvalue weighted by Crippen LogP contribution is 2.10. The summed E-state index contributed by atoms with van der Waals surface area (Å²) in [5.41, 5.74) is 1.39. The summed E-state index contributed by atoms with van der Waals surface area (Å²) in [6.07, 6.45) is 0.462. The molecule has 0 saturated carbocycles. The molecule has 3 rings (SSSR count). The highest BCUT2D eigenvalue weighted by molar-refractivity contribution is 5.91. The van der Waals surface area contributed by atoms with Gasteiger partial charge in [0.1, 0.15) is 17.5 Å². The monoisotopic (exact) mass is 328 g/mol. The van der Waals surface area contributed by atoms with Gasteiger partial charge < -0.3 is 5.32 Å². The molecule has 0 unspecified atom stereocenters. The van der Waals surface area contributed by atoms with Crippen molar-refractivity contribution in [3.8, 4) is 0 Å². The molecule has 1 heterocycles. The lowest BCUT2D eigenvalue weighted by molar-refractivity contribution is -0.115. The molecule has 0 aliphatic carbocycles. The number of nitrogens with zero attached hydrogens (tertiary/aromatic N) is 2. The van der Waals surface area contributed by atoms with Crippen LogP contribution < -0.4 is 5.32 Å². The lowest BCUT2D eigenvalue weighted by Crippen LogP contribution is -2.15. The summed E-state index contributed by atoms with van der Waals surface area (Å²) in [7, 11) is 0. The van der Waals surface area contributed by atoms with E-state index in [1.807, 2.05) is 0 Å². The summed E-state index contributed by atoms with van der Waals surface area (Å²) in [6.45, 7) is 0. The van der Waals surface area contributed by atoms with Crippen LogP contribution >= 0.6 is 0 Å². The van der Waals surface area contributed by atoms with Gasteiger partial charge in [-0.1, -0.05) is 12.1 Å². The van der Waals surface area contributed by atoms with Gasteiger partial charge in [0.2, 0.25) is 5.91 Å². The van der Waals surface area contributed by atoms with E-state index in [1.165, 1.54) is 36.4 Å². The van der Waals surface area contributed by atoms with E-state index >= 15 is 0 Å². The van der Waals surface area contributed by atoms with Crippen LogP contribution in [0, 0.1) is 11.6 Å². The predicted octanol–water partition coefficient (Wildman–Crippen LogP) is 2.85. The fraction of sp³-hybridized carbons (Fsp3) is 0.118. The number of hydrogen-bond donors (Lipinski definition) is 2. The van der Waals surface area contributed by atoms with E-state index in [0.29, 0.717) is 23.8 Å².